The summed E-state index contributed by atoms with van der Waals surface area (Å²) in [4.78, 5) is 23.6. The van der Waals surface area contributed by atoms with Crippen LogP contribution in [0.5, 0.6) is 11.5 Å². The maximum Gasteiger partial charge on any atom is 0.337 e. The van der Waals surface area contributed by atoms with Crippen LogP contribution in [-0.2, 0) is 0 Å². The van der Waals surface area contributed by atoms with Crippen molar-refractivity contribution in [2.75, 3.05) is 5.32 Å². The molecule has 0 aliphatic carbocycles. The Labute approximate surface area is 154 Å². The fourth-order valence-corrected chi connectivity index (χ4v) is 2.48. The number of halogens is 1. The molecule has 0 aliphatic heterocycles. The molecule has 0 saturated heterocycles. The first-order chi connectivity index (χ1) is 12.5. The SMILES string of the molecule is O=C(Nc1ccccc1C(=O)O)c1ccc(Oc2ccccc2Cl)cc1. The topological polar surface area (TPSA) is 75.6 Å². The molecule has 3 aromatic carbocycles. The number of hydrogen-bond acceptors (Lipinski definition) is 3. The Bertz CT molecular complexity index is 954. The van der Waals surface area contributed by atoms with Gasteiger partial charge in [0.15, 0.2) is 0 Å². The summed E-state index contributed by atoms with van der Waals surface area (Å²) >= 11 is 6.05. The van der Waals surface area contributed by atoms with Crippen LogP contribution in [0.25, 0.3) is 0 Å². The average molecular weight is 368 g/mol. The fourth-order valence-electron chi connectivity index (χ4n) is 2.30. The van der Waals surface area contributed by atoms with Gasteiger partial charge < -0.3 is 15.2 Å². The second-order valence-electron chi connectivity index (χ2n) is 5.36. The zero-order valence-corrected chi connectivity index (χ0v) is 14.2. The zero-order chi connectivity index (χ0) is 18.5. The number of carbonyl (C=O) groups is 2. The number of carbonyl (C=O) groups excluding carboxylic acids is 1. The van der Waals surface area contributed by atoms with Crippen LogP contribution in [0.2, 0.25) is 5.02 Å². The summed E-state index contributed by atoms with van der Waals surface area (Å²) in [5, 5.41) is 12.3. The Morgan fingerprint density at radius 1 is 0.885 bits per heavy atom. The van der Waals surface area contributed by atoms with Gasteiger partial charge in [0.25, 0.3) is 5.91 Å². The van der Waals surface area contributed by atoms with Crippen molar-refractivity contribution >= 4 is 29.2 Å². The van der Waals surface area contributed by atoms with Gasteiger partial charge >= 0.3 is 5.97 Å². The Balaban J connectivity index is 1.74. The van der Waals surface area contributed by atoms with Crippen molar-refractivity contribution in [2.45, 2.75) is 0 Å². The van der Waals surface area contributed by atoms with Crippen LogP contribution >= 0.6 is 11.6 Å². The number of carboxylic acids is 1. The van der Waals surface area contributed by atoms with Crippen LogP contribution in [0, 0.1) is 0 Å². The molecule has 0 bridgehead atoms. The molecule has 0 atom stereocenters. The van der Waals surface area contributed by atoms with E-state index in [-0.39, 0.29) is 11.3 Å². The lowest BCUT2D eigenvalue weighted by molar-refractivity contribution is 0.0698. The molecule has 3 aromatic rings. The molecule has 0 heterocycles. The molecule has 6 heteroatoms. The lowest BCUT2D eigenvalue weighted by atomic mass is 10.1. The largest absolute Gasteiger partial charge is 0.478 e. The van der Waals surface area contributed by atoms with E-state index in [1.165, 1.54) is 12.1 Å². The monoisotopic (exact) mass is 367 g/mol. The summed E-state index contributed by atoms with van der Waals surface area (Å²) in [7, 11) is 0. The second kappa shape index (κ2) is 7.72. The van der Waals surface area contributed by atoms with Crippen LogP contribution in [0.3, 0.4) is 0 Å². The molecular weight excluding hydrogens is 354 g/mol. The third-order valence-corrected chi connectivity index (χ3v) is 3.90. The predicted octanol–water partition coefficient (Wildman–Crippen LogP) is 5.08. The summed E-state index contributed by atoms with van der Waals surface area (Å²) < 4.78 is 5.67. The number of para-hydroxylation sites is 2. The highest BCUT2D eigenvalue weighted by atomic mass is 35.5. The van der Waals surface area contributed by atoms with E-state index in [2.05, 4.69) is 5.32 Å². The standard InChI is InChI=1S/C20H14ClNO4/c21-16-6-2-4-8-18(16)26-14-11-9-13(10-12-14)19(23)22-17-7-3-1-5-15(17)20(24)25/h1-12H,(H,22,23)(H,24,25). The number of benzene rings is 3. The zero-order valence-electron chi connectivity index (χ0n) is 13.5. The van der Waals surface area contributed by atoms with E-state index >= 15 is 0 Å². The summed E-state index contributed by atoms with van der Waals surface area (Å²) in [6, 6.07) is 19.8. The summed E-state index contributed by atoms with van der Waals surface area (Å²) in [5.74, 6) is -0.477. The average Bonchev–Trinajstić information content (AvgIpc) is 2.64. The molecule has 2 N–H and O–H groups in total. The van der Waals surface area contributed by atoms with E-state index in [0.29, 0.717) is 22.1 Å². The quantitative estimate of drug-likeness (QED) is 0.659. The molecule has 0 radical (unpaired) electrons. The number of nitrogens with one attached hydrogen (secondary N) is 1. The van der Waals surface area contributed by atoms with Crippen molar-refractivity contribution in [2.24, 2.45) is 0 Å². The number of hydrogen-bond donors (Lipinski definition) is 2. The molecule has 5 nitrogen and oxygen atoms in total. The number of carboxylic acid groups (broad SMARTS) is 1. The van der Waals surface area contributed by atoms with Crippen LogP contribution in [0.4, 0.5) is 5.69 Å². The number of amides is 1. The highest BCUT2D eigenvalue weighted by molar-refractivity contribution is 6.32. The highest BCUT2D eigenvalue weighted by Gasteiger charge is 2.13. The molecule has 0 aliphatic rings. The summed E-state index contributed by atoms with van der Waals surface area (Å²) in [6.07, 6.45) is 0. The van der Waals surface area contributed by atoms with Crippen molar-refractivity contribution < 1.29 is 19.4 Å². The highest BCUT2D eigenvalue weighted by Crippen LogP contribution is 2.29. The van der Waals surface area contributed by atoms with E-state index in [0.717, 1.165) is 0 Å². The van der Waals surface area contributed by atoms with Crippen LogP contribution < -0.4 is 10.1 Å². The summed E-state index contributed by atoms with van der Waals surface area (Å²) in [6.45, 7) is 0. The number of aromatic carboxylic acids is 1. The molecule has 1 amide bonds. The van der Waals surface area contributed by atoms with Gasteiger partial charge in [0.2, 0.25) is 0 Å². The Hall–Kier alpha value is -3.31. The van der Waals surface area contributed by atoms with Gasteiger partial charge in [0.1, 0.15) is 11.5 Å². The molecule has 0 saturated carbocycles. The summed E-state index contributed by atoms with van der Waals surface area (Å²) in [5.41, 5.74) is 0.637. The maximum absolute atomic E-state index is 12.3. The number of rotatable bonds is 5. The minimum Gasteiger partial charge on any atom is -0.478 e. The molecule has 130 valence electrons. The molecule has 0 unspecified atom stereocenters. The van der Waals surface area contributed by atoms with Crippen LogP contribution in [-0.4, -0.2) is 17.0 Å². The van der Waals surface area contributed by atoms with Gasteiger partial charge in [-0.05, 0) is 48.5 Å². The van der Waals surface area contributed by atoms with Gasteiger partial charge in [0, 0.05) is 5.56 Å². The maximum atomic E-state index is 12.3. The Kier molecular flexibility index (Phi) is 5.20. The Morgan fingerprint density at radius 2 is 1.54 bits per heavy atom. The van der Waals surface area contributed by atoms with Gasteiger partial charge in [-0.2, -0.15) is 0 Å². The van der Waals surface area contributed by atoms with Gasteiger partial charge in [-0.1, -0.05) is 35.9 Å². The van der Waals surface area contributed by atoms with Crippen molar-refractivity contribution in [1.29, 1.82) is 0 Å². The van der Waals surface area contributed by atoms with Gasteiger partial charge in [0.05, 0.1) is 16.3 Å². The van der Waals surface area contributed by atoms with Crippen molar-refractivity contribution in [3.8, 4) is 11.5 Å². The van der Waals surface area contributed by atoms with Crippen LogP contribution in [0.15, 0.2) is 72.8 Å². The molecule has 26 heavy (non-hydrogen) atoms. The minimum atomic E-state index is -1.11. The van der Waals surface area contributed by atoms with Gasteiger partial charge in [-0.25, -0.2) is 4.79 Å². The molecular formula is C20H14ClNO4. The number of ether oxygens (including phenoxy) is 1. The van der Waals surface area contributed by atoms with E-state index in [1.807, 2.05) is 6.07 Å². The fraction of sp³-hybridized carbons (Fsp3) is 0. The van der Waals surface area contributed by atoms with E-state index in [4.69, 9.17) is 21.4 Å². The third kappa shape index (κ3) is 4.02. The molecule has 0 aromatic heterocycles. The van der Waals surface area contributed by atoms with E-state index in [1.54, 1.807) is 54.6 Å². The van der Waals surface area contributed by atoms with E-state index in [9.17, 15) is 9.59 Å². The van der Waals surface area contributed by atoms with Crippen molar-refractivity contribution in [3.05, 3.63) is 88.9 Å². The third-order valence-electron chi connectivity index (χ3n) is 3.59. The number of anilines is 1. The normalized spacial score (nSPS) is 10.2. The second-order valence-corrected chi connectivity index (χ2v) is 5.77. The van der Waals surface area contributed by atoms with Gasteiger partial charge in [-0.15, -0.1) is 0 Å². The molecule has 0 spiro atoms. The molecule has 3 rings (SSSR count). The first kappa shape index (κ1) is 17.5. The van der Waals surface area contributed by atoms with E-state index < -0.39 is 11.9 Å². The first-order valence-corrected chi connectivity index (χ1v) is 8.08. The Morgan fingerprint density at radius 3 is 2.23 bits per heavy atom. The lowest BCUT2D eigenvalue weighted by Crippen LogP contribution is -2.14. The predicted molar refractivity (Wildman–Crippen MR) is 99.3 cm³/mol. The minimum absolute atomic E-state index is 0.0273. The van der Waals surface area contributed by atoms with Crippen molar-refractivity contribution in [1.82, 2.24) is 0 Å². The van der Waals surface area contributed by atoms with Crippen molar-refractivity contribution in [3.63, 3.8) is 0 Å². The first-order valence-electron chi connectivity index (χ1n) is 7.71. The smallest absolute Gasteiger partial charge is 0.337 e. The molecule has 0 fully saturated rings. The van der Waals surface area contributed by atoms with Crippen LogP contribution in [0.1, 0.15) is 20.7 Å². The lowest BCUT2D eigenvalue weighted by Gasteiger charge is -2.10. The van der Waals surface area contributed by atoms with Gasteiger partial charge in [-0.3, -0.25) is 4.79 Å².